The molecule has 7 nitrogen and oxygen atoms in total. The van der Waals surface area contributed by atoms with Crippen molar-refractivity contribution in [1.82, 2.24) is 9.88 Å². The summed E-state index contributed by atoms with van der Waals surface area (Å²) >= 11 is 0. The molecule has 3 rings (SSSR count). The number of aromatic amines is 1. The zero-order chi connectivity index (χ0) is 21.8. The predicted molar refractivity (Wildman–Crippen MR) is 116 cm³/mol. The zero-order valence-corrected chi connectivity index (χ0v) is 17.8. The van der Waals surface area contributed by atoms with Crippen LogP contribution in [-0.4, -0.2) is 43.2 Å². The van der Waals surface area contributed by atoms with E-state index in [0.717, 1.165) is 5.39 Å². The number of rotatable bonds is 7. The van der Waals surface area contributed by atoms with Crippen molar-refractivity contribution < 1.29 is 19.0 Å². The van der Waals surface area contributed by atoms with Gasteiger partial charge in [-0.05, 0) is 55.6 Å². The number of carbonyl (C=O) groups is 1. The Bertz CT molecular complexity index is 1120. The summed E-state index contributed by atoms with van der Waals surface area (Å²) in [5.41, 5.74) is 1.42. The molecule has 1 heterocycles. The van der Waals surface area contributed by atoms with Crippen molar-refractivity contribution in [1.29, 1.82) is 0 Å². The molecule has 0 aliphatic rings. The van der Waals surface area contributed by atoms with Gasteiger partial charge in [-0.25, -0.2) is 0 Å². The number of benzene rings is 2. The molecule has 30 heavy (non-hydrogen) atoms. The van der Waals surface area contributed by atoms with Crippen LogP contribution in [0.15, 0.2) is 47.3 Å². The van der Waals surface area contributed by atoms with Crippen molar-refractivity contribution >= 4 is 16.8 Å². The molecule has 0 spiro atoms. The van der Waals surface area contributed by atoms with Crippen LogP contribution < -0.4 is 19.8 Å². The second-order valence-corrected chi connectivity index (χ2v) is 7.17. The summed E-state index contributed by atoms with van der Waals surface area (Å²) in [6, 6.07) is 12.2. The molecule has 0 bridgehead atoms. The molecule has 158 valence electrons. The molecule has 0 unspecified atom stereocenters. The number of methoxy groups -OCH3 is 3. The monoisotopic (exact) mass is 410 g/mol. The Labute approximate surface area is 175 Å². The van der Waals surface area contributed by atoms with Gasteiger partial charge < -0.3 is 24.1 Å². The smallest absolute Gasteiger partial charge is 0.254 e. The first-order valence-corrected chi connectivity index (χ1v) is 9.61. The van der Waals surface area contributed by atoms with E-state index in [1.54, 1.807) is 43.4 Å². The van der Waals surface area contributed by atoms with E-state index in [-0.39, 0.29) is 24.1 Å². The van der Waals surface area contributed by atoms with Crippen LogP contribution in [0.25, 0.3) is 10.9 Å². The summed E-state index contributed by atoms with van der Waals surface area (Å²) in [5.74, 6) is 1.50. The first-order chi connectivity index (χ1) is 14.4. The molecule has 1 aromatic heterocycles. The van der Waals surface area contributed by atoms with E-state index in [1.807, 2.05) is 32.0 Å². The number of hydrogen-bond donors (Lipinski definition) is 1. The topological polar surface area (TPSA) is 80.9 Å². The fourth-order valence-corrected chi connectivity index (χ4v) is 3.28. The first-order valence-electron chi connectivity index (χ1n) is 9.61. The van der Waals surface area contributed by atoms with E-state index in [2.05, 4.69) is 4.98 Å². The number of nitrogens with one attached hydrogen (secondary N) is 1. The second kappa shape index (κ2) is 8.90. The highest BCUT2D eigenvalue weighted by molar-refractivity contribution is 5.95. The van der Waals surface area contributed by atoms with Crippen molar-refractivity contribution in [3.8, 4) is 17.2 Å². The van der Waals surface area contributed by atoms with Crippen molar-refractivity contribution in [3.63, 3.8) is 0 Å². The standard InChI is InChI=1S/C23H26N2O5/c1-14(2)25(23(27)16-7-9-20(29-4)21(11-16)30-5)13-17-10-15-6-8-18(28-3)12-19(15)24-22(17)26/h6-12,14H,13H2,1-5H3,(H,24,26). The van der Waals surface area contributed by atoms with Gasteiger partial charge in [0.2, 0.25) is 0 Å². The van der Waals surface area contributed by atoms with Crippen molar-refractivity contribution in [2.75, 3.05) is 21.3 Å². The van der Waals surface area contributed by atoms with Crippen LogP contribution in [0.5, 0.6) is 17.2 Å². The van der Waals surface area contributed by atoms with E-state index >= 15 is 0 Å². The van der Waals surface area contributed by atoms with Gasteiger partial charge >= 0.3 is 0 Å². The summed E-state index contributed by atoms with van der Waals surface area (Å²) in [7, 11) is 4.64. The minimum atomic E-state index is -0.235. The zero-order valence-electron chi connectivity index (χ0n) is 17.8. The van der Waals surface area contributed by atoms with Gasteiger partial charge in [0.05, 0.1) is 33.4 Å². The number of nitrogens with zero attached hydrogens (tertiary/aromatic N) is 1. The van der Waals surface area contributed by atoms with E-state index in [4.69, 9.17) is 14.2 Å². The fourth-order valence-electron chi connectivity index (χ4n) is 3.28. The molecule has 0 aliphatic heterocycles. The van der Waals surface area contributed by atoms with Crippen LogP contribution in [0.3, 0.4) is 0 Å². The molecule has 0 saturated heterocycles. The lowest BCUT2D eigenvalue weighted by molar-refractivity contribution is 0.0689. The van der Waals surface area contributed by atoms with Crippen LogP contribution in [0.2, 0.25) is 0 Å². The molecule has 0 aliphatic carbocycles. The average Bonchev–Trinajstić information content (AvgIpc) is 2.75. The number of ether oxygens (including phenoxy) is 3. The Balaban J connectivity index is 1.95. The molecule has 0 atom stereocenters. The normalized spacial score (nSPS) is 10.9. The number of H-pyrrole nitrogens is 1. The van der Waals surface area contributed by atoms with E-state index in [1.165, 1.54) is 7.11 Å². The average molecular weight is 410 g/mol. The molecular weight excluding hydrogens is 384 g/mol. The number of carbonyl (C=O) groups excluding carboxylic acids is 1. The SMILES string of the molecule is COc1ccc2cc(CN(C(=O)c3ccc(OC)c(OC)c3)C(C)C)c(=O)[nH]c2c1. The first kappa shape index (κ1) is 21.2. The summed E-state index contributed by atoms with van der Waals surface area (Å²) in [5, 5.41) is 0.868. The Kier molecular flexibility index (Phi) is 6.30. The van der Waals surface area contributed by atoms with Gasteiger partial charge in [0, 0.05) is 23.2 Å². The highest BCUT2D eigenvalue weighted by atomic mass is 16.5. The molecule has 0 fully saturated rings. The minimum absolute atomic E-state index is 0.114. The van der Waals surface area contributed by atoms with Gasteiger partial charge in [0.15, 0.2) is 11.5 Å². The second-order valence-electron chi connectivity index (χ2n) is 7.17. The molecule has 0 radical (unpaired) electrons. The van der Waals surface area contributed by atoms with Crippen molar-refractivity contribution in [3.05, 3.63) is 63.9 Å². The van der Waals surface area contributed by atoms with Gasteiger partial charge in [-0.3, -0.25) is 9.59 Å². The molecule has 1 amide bonds. The van der Waals surface area contributed by atoms with Crippen LogP contribution in [0.1, 0.15) is 29.8 Å². The third kappa shape index (κ3) is 4.25. The van der Waals surface area contributed by atoms with Crippen molar-refractivity contribution in [2.24, 2.45) is 0 Å². The van der Waals surface area contributed by atoms with Gasteiger partial charge in [-0.2, -0.15) is 0 Å². The predicted octanol–water partition coefficient (Wildman–Crippen LogP) is 3.60. The molecular formula is C23H26N2O5. The summed E-state index contributed by atoms with van der Waals surface area (Å²) < 4.78 is 15.8. The number of amides is 1. The van der Waals surface area contributed by atoms with E-state index in [0.29, 0.717) is 33.9 Å². The molecule has 7 heteroatoms. The minimum Gasteiger partial charge on any atom is -0.497 e. The lowest BCUT2D eigenvalue weighted by atomic mass is 10.1. The highest BCUT2D eigenvalue weighted by Gasteiger charge is 2.22. The van der Waals surface area contributed by atoms with Crippen LogP contribution in [0, 0.1) is 0 Å². The molecule has 3 aromatic rings. The Hall–Kier alpha value is -3.48. The third-order valence-electron chi connectivity index (χ3n) is 4.99. The summed E-state index contributed by atoms with van der Waals surface area (Å²) in [6.07, 6.45) is 0. The Morgan fingerprint density at radius 2 is 1.70 bits per heavy atom. The lowest BCUT2D eigenvalue weighted by Crippen LogP contribution is -2.38. The Morgan fingerprint density at radius 3 is 2.33 bits per heavy atom. The molecule has 1 N–H and O–H groups in total. The molecule has 0 saturated carbocycles. The van der Waals surface area contributed by atoms with Gasteiger partial charge in [-0.15, -0.1) is 0 Å². The van der Waals surface area contributed by atoms with Gasteiger partial charge in [0.25, 0.3) is 11.5 Å². The summed E-state index contributed by atoms with van der Waals surface area (Å²) in [6.45, 7) is 4.01. The highest BCUT2D eigenvalue weighted by Crippen LogP contribution is 2.28. The fraction of sp³-hybridized carbons (Fsp3) is 0.304. The molecule has 2 aromatic carbocycles. The number of aromatic nitrogens is 1. The van der Waals surface area contributed by atoms with Crippen LogP contribution >= 0.6 is 0 Å². The van der Waals surface area contributed by atoms with E-state index < -0.39 is 0 Å². The third-order valence-corrected chi connectivity index (χ3v) is 4.99. The maximum Gasteiger partial charge on any atom is 0.254 e. The lowest BCUT2D eigenvalue weighted by Gasteiger charge is -2.27. The number of pyridine rings is 1. The Morgan fingerprint density at radius 1 is 0.967 bits per heavy atom. The van der Waals surface area contributed by atoms with E-state index in [9.17, 15) is 9.59 Å². The van der Waals surface area contributed by atoms with Crippen molar-refractivity contribution in [2.45, 2.75) is 26.4 Å². The largest absolute Gasteiger partial charge is 0.497 e. The summed E-state index contributed by atoms with van der Waals surface area (Å²) in [4.78, 5) is 30.4. The van der Waals surface area contributed by atoms with Gasteiger partial charge in [-0.1, -0.05) is 0 Å². The number of fused-ring (bicyclic) bond motifs is 1. The maximum atomic E-state index is 13.2. The quantitative estimate of drug-likeness (QED) is 0.644. The maximum absolute atomic E-state index is 13.2. The van der Waals surface area contributed by atoms with Gasteiger partial charge in [0.1, 0.15) is 5.75 Å². The number of hydrogen-bond acceptors (Lipinski definition) is 5. The van der Waals surface area contributed by atoms with Crippen LogP contribution in [-0.2, 0) is 6.54 Å². The van der Waals surface area contributed by atoms with Crippen LogP contribution in [0.4, 0.5) is 0 Å².